The molecule has 7 heteroatoms. The molecule has 1 aromatic rings. The summed E-state index contributed by atoms with van der Waals surface area (Å²) in [4.78, 5) is 47.9. The van der Waals surface area contributed by atoms with E-state index in [0.29, 0.717) is 17.7 Å². The highest BCUT2D eigenvalue weighted by atomic mass is 16.2. The number of hydrogen-bond acceptors (Lipinski definition) is 4. The highest BCUT2D eigenvalue weighted by Crippen LogP contribution is 2.21. The molecule has 0 unspecified atom stereocenters. The normalized spacial score (nSPS) is 13.1. The molecule has 0 aliphatic carbocycles. The van der Waals surface area contributed by atoms with Gasteiger partial charge in [-0.1, -0.05) is 12.1 Å². The van der Waals surface area contributed by atoms with Gasteiger partial charge >= 0.3 is 0 Å². The molecule has 0 saturated heterocycles. The van der Waals surface area contributed by atoms with E-state index in [1.807, 2.05) is 0 Å². The van der Waals surface area contributed by atoms with Gasteiger partial charge in [-0.25, -0.2) is 0 Å². The lowest BCUT2D eigenvalue weighted by atomic mass is 10.1. The van der Waals surface area contributed by atoms with Crippen LogP contribution in [0.15, 0.2) is 24.3 Å². The van der Waals surface area contributed by atoms with Gasteiger partial charge in [-0.05, 0) is 19.1 Å². The largest absolute Gasteiger partial charge is 0.355 e. The number of benzene rings is 1. The van der Waals surface area contributed by atoms with Crippen LogP contribution >= 0.6 is 0 Å². The number of amides is 4. The molecule has 21 heavy (non-hydrogen) atoms. The van der Waals surface area contributed by atoms with E-state index in [1.165, 1.54) is 0 Å². The van der Waals surface area contributed by atoms with E-state index in [1.54, 1.807) is 31.2 Å². The maximum Gasteiger partial charge on any atom is 0.262 e. The molecule has 0 spiro atoms. The van der Waals surface area contributed by atoms with E-state index in [9.17, 15) is 19.2 Å². The van der Waals surface area contributed by atoms with Crippen molar-refractivity contribution in [1.82, 2.24) is 15.5 Å². The second kappa shape index (κ2) is 6.17. The van der Waals surface area contributed by atoms with Crippen LogP contribution in [-0.4, -0.2) is 48.2 Å². The first-order valence-electron chi connectivity index (χ1n) is 6.53. The molecular formula is C14H15N3O4. The monoisotopic (exact) mass is 289 g/mol. The fourth-order valence-electron chi connectivity index (χ4n) is 2.02. The van der Waals surface area contributed by atoms with Crippen LogP contribution in [-0.2, 0) is 9.59 Å². The van der Waals surface area contributed by atoms with Gasteiger partial charge in [-0.3, -0.25) is 24.1 Å². The molecule has 1 heterocycles. The molecule has 7 nitrogen and oxygen atoms in total. The van der Waals surface area contributed by atoms with E-state index in [-0.39, 0.29) is 12.5 Å². The Hall–Kier alpha value is -2.70. The van der Waals surface area contributed by atoms with Crippen LogP contribution in [0.1, 0.15) is 27.6 Å². The zero-order valence-electron chi connectivity index (χ0n) is 11.5. The van der Waals surface area contributed by atoms with Crippen LogP contribution in [0.5, 0.6) is 0 Å². The summed E-state index contributed by atoms with van der Waals surface area (Å²) >= 11 is 0. The van der Waals surface area contributed by atoms with Crippen molar-refractivity contribution in [1.29, 1.82) is 0 Å². The standard InChI is InChI=1S/C14H15N3O4/c1-2-15-11(18)7-16-12(19)8-17-13(20)9-5-3-4-6-10(9)14(17)21/h3-6H,2,7-8H2,1H3,(H,15,18)(H,16,19). The summed E-state index contributed by atoms with van der Waals surface area (Å²) in [5.74, 6) is -1.88. The number of rotatable bonds is 5. The minimum absolute atomic E-state index is 0.185. The summed E-state index contributed by atoms with van der Waals surface area (Å²) in [5.41, 5.74) is 0.582. The van der Waals surface area contributed by atoms with Crippen LogP contribution < -0.4 is 10.6 Å². The molecule has 0 aromatic heterocycles. The van der Waals surface area contributed by atoms with Crippen molar-refractivity contribution in [3.63, 3.8) is 0 Å². The lowest BCUT2D eigenvalue weighted by Gasteiger charge is -2.13. The van der Waals surface area contributed by atoms with Gasteiger partial charge in [0.2, 0.25) is 11.8 Å². The van der Waals surface area contributed by atoms with Gasteiger partial charge in [-0.15, -0.1) is 0 Å². The molecule has 0 bridgehead atoms. The van der Waals surface area contributed by atoms with Crippen LogP contribution in [0, 0.1) is 0 Å². The fourth-order valence-corrected chi connectivity index (χ4v) is 2.02. The Balaban J connectivity index is 1.96. The Kier molecular flexibility index (Phi) is 4.32. The van der Waals surface area contributed by atoms with Crippen molar-refractivity contribution >= 4 is 23.6 Å². The van der Waals surface area contributed by atoms with Crippen LogP contribution in [0.4, 0.5) is 0 Å². The van der Waals surface area contributed by atoms with Gasteiger partial charge in [0.25, 0.3) is 11.8 Å². The SMILES string of the molecule is CCNC(=O)CNC(=O)CN1C(=O)c2ccccc2C1=O. The molecule has 2 rings (SSSR count). The van der Waals surface area contributed by atoms with Crippen molar-refractivity contribution in [2.75, 3.05) is 19.6 Å². The third kappa shape index (κ3) is 3.07. The summed E-state index contributed by atoms with van der Waals surface area (Å²) < 4.78 is 0. The van der Waals surface area contributed by atoms with Gasteiger partial charge < -0.3 is 10.6 Å². The third-order valence-corrected chi connectivity index (χ3v) is 3.00. The molecule has 0 radical (unpaired) electrons. The first kappa shape index (κ1) is 14.7. The second-order valence-electron chi connectivity index (χ2n) is 4.47. The number of nitrogens with zero attached hydrogens (tertiary/aromatic N) is 1. The van der Waals surface area contributed by atoms with Crippen molar-refractivity contribution in [2.45, 2.75) is 6.92 Å². The van der Waals surface area contributed by atoms with E-state index >= 15 is 0 Å². The molecule has 0 saturated carbocycles. The minimum atomic E-state index is -0.559. The van der Waals surface area contributed by atoms with Crippen molar-refractivity contribution in [3.05, 3.63) is 35.4 Å². The summed E-state index contributed by atoms with van der Waals surface area (Å²) in [7, 11) is 0. The molecule has 1 aromatic carbocycles. The quantitative estimate of drug-likeness (QED) is 0.717. The van der Waals surface area contributed by atoms with E-state index in [0.717, 1.165) is 4.90 Å². The number of fused-ring (bicyclic) bond motifs is 1. The Morgan fingerprint density at radius 2 is 1.57 bits per heavy atom. The summed E-state index contributed by atoms with van der Waals surface area (Å²) in [6.45, 7) is 1.65. The van der Waals surface area contributed by atoms with Gasteiger partial charge in [-0.2, -0.15) is 0 Å². The number of likely N-dealkylation sites (N-methyl/N-ethyl adjacent to an activating group) is 1. The summed E-state index contributed by atoms with van der Waals surface area (Å²) in [6, 6.07) is 6.40. The molecule has 1 aliphatic heterocycles. The minimum Gasteiger partial charge on any atom is -0.355 e. The Labute approximate surface area is 121 Å². The summed E-state index contributed by atoms with van der Waals surface area (Å²) in [6.07, 6.45) is 0. The van der Waals surface area contributed by atoms with Crippen molar-refractivity contribution in [2.24, 2.45) is 0 Å². The number of imide groups is 1. The second-order valence-corrected chi connectivity index (χ2v) is 4.47. The van der Waals surface area contributed by atoms with Gasteiger partial charge in [0.1, 0.15) is 6.54 Å². The third-order valence-electron chi connectivity index (χ3n) is 3.00. The topological polar surface area (TPSA) is 95.6 Å². The van der Waals surface area contributed by atoms with E-state index < -0.39 is 24.3 Å². The van der Waals surface area contributed by atoms with E-state index in [2.05, 4.69) is 10.6 Å². The van der Waals surface area contributed by atoms with Crippen molar-refractivity contribution < 1.29 is 19.2 Å². The zero-order valence-corrected chi connectivity index (χ0v) is 11.5. The van der Waals surface area contributed by atoms with Crippen LogP contribution in [0.2, 0.25) is 0 Å². The number of carbonyl (C=O) groups is 4. The molecule has 1 aliphatic rings. The van der Waals surface area contributed by atoms with Crippen LogP contribution in [0.3, 0.4) is 0 Å². The fraction of sp³-hybridized carbons (Fsp3) is 0.286. The maximum atomic E-state index is 12.0. The molecule has 0 fully saturated rings. The predicted molar refractivity (Wildman–Crippen MR) is 73.5 cm³/mol. The zero-order chi connectivity index (χ0) is 15.4. The number of hydrogen-bond donors (Lipinski definition) is 2. The smallest absolute Gasteiger partial charge is 0.262 e. The molecule has 0 atom stereocenters. The molecular weight excluding hydrogens is 274 g/mol. The lowest BCUT2D eigenvalue weighted by Crippen LogP contribution is -2.43. The molecule has 110 valence electrons. The average molecular weight is 289 g/mol. The summed E-state index contributed by atoms with van der Waals surface area (Å²) in [5, 5.41) is 4.89. The maximum absolute atomic E-state index is 12.0. The average Bonchev–Trinajstić information content (AvgIpc) is 2.71. The first-order valence-corrected chi connectivity index (χ1v) is 6.53. The van der Waals surface area contributed by atoms with Crippen molar-refractivity contribution in [3.8, 4) is 0 Å². The van der Waals surface area contributed by atoms with Gasteiger partial charge in [0.15, 0.2) is 0 Å². The molecule has 2 N–H and O–H groups in total. The Bertz CT molecular complexity index is 577. The Morgan fingerprint density at radius 1 is 1.00 bits per heavy atom. The lowest BCUT2D eigenvalue weighted by molar-refractivity contribution is -0.126. The highest BCUT2D eigenvalue weighted by molar-refractivity contribution is 6.22. The highest BCUT2D eigenvalue weighted by Gasteiger charge is 2.36. The van der Waals surface area contributed by atoms with Gasteiger partial charge in [0, 0.05) is 6.54 Å². The van der Waals surface area contributed by atoms with E-state index in [4.69, 9.17) is 0 Å². The molecule has 4 amide bonds. The van der Waals surface area contributed by atoms with Crippen LogP contribution in [0.25, 0.3) is 0 Å². The predicted octanol–water partition coefficient (Wildman–Crippen LogP) is -0.465. The number of carbonyl (C=O) groups excluding carboxylic acids is 4. The van der Waals surface area contributed by atoms with Gasteiger partial charge in [0.05, 0.1) is 17.7 Å². The first-order chi connectivity index (χ1) is 10.0. The number of nitrogens with one attached hydrogen (secondary N) is 2. The Morgan fingerprint density at radius 3 is 2.10 bits per heavy atom.